The van der Waals surface area contributed by atoms with Gasteiger partial charge in [-0.2, -0.15) is 0 Å². The van der Waals surface area contributed by atoms with Gasteiger partial charge in [0.25, 0.3) is 0 Å². The molecule has 2 aromatic heterocycles. The molecule has 0 unspecified atom stereocenters. The summed E-state index contributed by atoms with van der Waals surface area (Å²) in [5.41, 5.74) is 2.27. The minimum Gasteiger partial charge on any atom is -0.362 e. The number of hydrogen-bond acceptors (Lipinski definition) is 5. The van der Waals surface area contributed by atoms with Crippen LogP contribution in [0.2, 0.25) is 0 Å². The van der Waals surface area contributed by atoms with Crippen LogP contribution in [-0.4, -0.2) is 16.5 Å². The van der Waals surface area contributed by atoms with E-state index in [1.54, 1.807) is 11.3 Å². The average molecular weight is 310 g/mol. The van der Waals surface area contributed by atoms with Crippen molar-refractivity contribution in [3.63, 3.8) is 0 Å². The molecule has 0 bridgehead atoms. The van der Waals surface area contributed by atoms with Gasteiger partial charge in [-0.1, -0.05) is 27.7 Å². The smallest absolute Gasteiger partial charge is 0.183 e. The SMILES string of the molecule is CCCNc1nc(-c2sc(CC(C)C)nc2CC)cs1. The van der Waals surface area contributed by atoms with Crippen molar-refractivity contribution >= 4 is 27.8 Å². The van der Waals surface area contributed by atoms with E-state index in [0.29, 0.717) is 5.92 Å². The summed E-state index contributed by atoms with van der Waals surface area (Å²) in [6.45, 7) is 9.79. The van der Waals surface area contributed by atoms with Crippen LogP contribution in [-0.2, 0) is 12.8 Å². The van der Waals surface area contributed by atoms with Crippen LogP contribution < -0.4 is 5.32 Å². The third-order valence-electron chi connectivity index (χ3n) is 2.92. The molecule has 1 N–H and O–H groups in total. The summed E-state index contributed by atoms with van der Waals surface area (Å²) in [6.07, 6.45) is 3.15. The summed E-state index contributed by atoms with van der Waals surface area (Å²) in [4.78, 5) is 10.7. The van der Waals surface area contributed by atoms with Crippen molar-refractivity contribution < 1.29 is 0 Å². The van der Waals surface area contributed by atoms with Crippen LogP contribution in [0, 0.1) is 5.92 Å². The maximum absolute atomic E-state index is 4.78. The predicted octanol–water partition coefficient (Wildman–Crippen LogP) is 4.85. The molecule has 5 heteroatoms. The van der Waals surface area contributed by atoms with Crippen LogP contribution in [0.4, 0.5) is 5.13 Å². The monoisotopic (exact) mass is 309 g/mol. The first kappa shape index (κ1) is 15.4. The Kier molecular flexibility index (Phi) is 5.54. The van der Waals surface area contributed by atoms with Gasteiger partial charge in [-0.15, -0.1) is 22.7 Å². The molecule has 2 rings (SSSR count). The van der Waals surface area contributed by atoms with Crippen molar-refractivity contribution in [3.05, 3.63) is 16.1 Å². The molecule has 0 radical (unpaired) electrons. The Morgan fingerprint density at radius 2 is 2.05 bits per heavy atom. The van der Waals surface area contributed by atoms with Crippen LogP contribution in [0.1, 0.15) is 44.8 Å². The number of hydrogen-bond donors (Lipinski definition) is 1. The molecule has 0 saturated heterocycles. The van der Waals surface area contributed by atoms with Gasteiger partial charge in [-0.3, -0.25) is 0 Å². The third kappa shape index (κ3) is 3.79. The quantitative estimate of drug-likeness (QED) is 0.794. The predicted molar refractivity (Wildman–Crippen MR) is 89.9 cm³/mol. The summed E-state index contributed by atoms with van der Waals surface area (Å²) in [6, 6.07) is 0. The molecule has 2 heterocycles. The van der Waals surface area contributed by atoms with Crippen molar-refractivity contribution in [1.29, 1.82) is 0 Å². The lowest BCUT2D eigenvalue weighted by molar-refractivity contribution is 0.643. The van der Waals surface area contributed by atoms with Crippen molar-refractivity contribution in [1.82, 2.24) is 9.97 Å². The van der Waals surface area contributed by atoms with Gasteiger partial charge in [0.15, 0.2) is 5.13 Å². The molecular weight excluding hydrogens is 286 g/mol. The van der Waals surface area contributed by atoms with Crippen molar-refractivity contribution in [2.75, 3.05) is 11.9 Å². The fourth-order valence-electron chi connectivity index (χ4n) is 1.97. The molecule has 0 aliphatic heterocycles. The van der Waals surface area contributed by atoms with Gasteiger partial charge in [0.2, 0.25) is 0 Å². The molecule has 0 aliphatic carbocycles. The van der Waals surface area contributed by atoms with Gasteiger partial charge in [0.05, 0.1) is 21.3 Å². The first-order valence-electron chi connectivity index (χ1n) is 7.32. The molecule has 3 nitrogen and oxygen atoms in total. The Labute approximate surface area is 129 Å². The number of thiazole rings is 2. The maximum Gasteiger partial charge on any atom is 0.183 e. The van der Waals surface area contributed by atoms with Gasteiger partial charge >= 0.3 is 0 Å². The number of nitrogens with zero attached hydrogens (tertiary/aromatic N) is 2. The number of aromatic nitrogens is 2. The first-order chi connectivity index (χ1) is 9.63. The van der Waals surface area contributed by atoms with Crippen LogP contribution >= 0.6 is 22.7 Å². The lowest BCUT2D eigenvalue weighted by Gasteiger charge is -1.98. The molecule has 0 amide bonds. The molecule has 0 atom stereocenters. The maximum atomic E-state index is 4.78. The summed E-state index contributed by atoms with van der Waals surface area (Å²) in [5, 5.41) is 7.75. The Balaban J connectivity index is 2.22. The Bertz CT molecular complexity index is 543. The van der Waals surface area contributed by atoms with Crippen LogP contribution in [0.5, 0.6) is 0 Å². The van der Waals surface area contributed by atoms with Crippen LogP contribution in [0.3, 0.4) is 0 Å². The van der Waals surface area contributed by atoms with Gasteiger partial charge in [-0.05, 0) is 18.8 Å². The molecule has 2 aromatic rings. The summed E-state index contributed by atoms with van der Waals surface area (Å²) >= 11 is 3.49. The summed E-state index contributed by atoms with van der Waals surface area (Å²) < 4.78 is 0. The summed E-state index contributed by atoms with van der Waals surface area (Å²) in [5.74, 6) is 0.649. The lowest BCUT2D eigenvalue weighted by Crippen LogP contribution is -1.98. The van der Waals surface area contributed by atoms with Crippen molar-refractivity contribution in [3.8, 4) is 10.6 Å². The second kappa shape index (κ2) is 7.18. The highest BCUT2D eigenvalue weighted by atomic mass is 32.1. The Morgan fingerprint density at radius 1 is 1.25 bits per heavy atom. The van der Waals surface area contributed by atoms with E-state index in [0.717, 1.165) is 36.6 Å². The standard InChI is InChI=1S/C15H23N3S2/c1-5-7-16-15-18-12(9-19-15)14-11(6-2)17-13(20-14)8-10(3)4/h9-10H,5-8H2,1-4H3,(H,16,18). The van der Waals surface area contributed by atoms with E-state index in [9.17, 15) is 0 Å². The zero-order valence-electron chi connectivity index (χ0n) is 12.7. The van der Waals surface area contributed by atoms with E-state index in [2.05, 4.69) is 38.4 Å². The van der Waals surface area contributed by atoms with Crippen LogP contribution in [0.25, 0.3) is 10.6 Å². The van der Waals surface area contributed by atoms with E-state index in [1.807, 2.05) is 11.3 Å². The van der Waals surface area contributed by atoms with Crippen molar-refractivity contribution in [2.24, 2.45) is 5.92 Å². The third-order valence-corrected chi connectivity index (χ3v) is 4.86. The second-order valence-corrected chi connectivity index (χ2v) is 7.24. The fourth-order valence-corrected chi connectivity index (χ4v) is 4.10. The highest BCUT2D eigenvalue weighted by Gasteiger charge is 2.15. The van der Waals surface area contributed by atoms with Gasteiger partial charge in [0, 0.05) is 18.3 Å². The second-order valence-electron chi connectivity index (χ2n) is 5.30. The van der Waals surface area contributed by atoms with E-state index in [1.165, 1.54) is 15.6 Å². The number of anilines is 1. The lowest BCUT2D eigenvalue weighted by atomic mass is 10.1. The average Bonchev–Trinajstić information content (AvgIpc) is 3.01. The Morgan fingerprint density at radius 3 is 2.70 bits per heavy atom. The number of rotatable bonds is 7. The van der Waals surface area contributed by atoms with Crippen molar-refractivity contribution in [2.45, 2.75) is 47.0 Å². The zero-order chi connectivity index (χ0) is 14.5. The number of nitrogens with one attached hydrogen (secondary N) is 1. The molecule has 20 heavy (non-hydrogen) atoms. The molecule has 0 aliphatic rings. The zero-order valence-corrected chi connectivity index (χ0v) is 14.3. The molecule has 0 aromatic carbocycles. The van der Waals surface area contributed by atoms with E-state index >= 15 is 0 Å². The van der Waals surface area contributed by atoms with Gasteiger partial charge in [-0.25, -0.2) is 9.97 Å². The molecule has 110 valence electrons. The topological polar surface area (TPSA) is 37.8 Å². The fraction of sp³-hybridized carbons (Fsp3) is 0.600. The summed E-state index contributed by atoms with van der Waals surface area (Å²) in [7, 11) is 0. The van der Waals surface area contributed by atoms with E-state index in [-0.39, 0.29) is 0 Å². The first-order valence-corrected chi connectivity index (χ1v) is 9.02. The van der Waals surface area contributed by atoms with Gasteiger partial charge in [0.1, 0.15) is 0 Å². The van der Waals surface area contributed by atoms with E-state index in [4.69, 9.17) is 9.97 Å². The number of aryl methyl sites for hydroxylation is 1. The molecule has 0 fully saturated rings. The minimum atomic E-state index is 0.649. The molecule has 0 saturated carbocycles. The van der Waals surface area contributed by atoms with E-state index < -0.39 is 0 Å². The highest BCUT2D eigenvalue weighted by Crippen LogP contribution is 2.33. The largest absolute Gasteiger partial charge is 0.362 e. The normalized spacial score (nSPS) is 11.2. The molecular formula is C15H23N3S2. The van der Waals surface area contributed by atoms with Gasteiger partial charge < -0.3 is 5.32 Å². The minimum absolute atomic E-state index is 0.649. The Hall–Kier alpha value is -0.940. The van der Waals surface area contributed by atoms with Crippen LogP contribution in [0.15, 0.2) is 5.38 Å². The molecule has 0 spiro atoms. The highest BCUT2D eigenvalue weighted by molar-refractivity contribution is 7.16.